The highest BCUT2D eigenvalue weighted by atomic mass is 35.5. The number of nitriles is 1. The predicted molar refractivity (Wildman–Crippen MR) is 73.3 cm³/mol. The average molecular weight is 275 g/mol. The second-order valence-corrected chi connectivity index (χ2v) is 4.35. The molecule has 3 N–H and O–H groups in total. The lowest BCUT2D eigenvalue weighted by Gasteiger charge is -2.10. The van der Waals surface area contributed by atoms with Gasteiger partial charge in [-0.3, -0.25) is 0 Å². The molecule has 19 heavy (non-hydrogen) atoms. The first-order valence-electron chi connectivity index (χ1n) is 5.55. The largest absolute Gasteiger partial charge is 0.504 e. The van der Waals surface area contributed by atoms with Gasteiger partial charge in [0.25, 0.3) is 0 Å². The zero-order valence-electron chi connectivity index (χ0n) is 9.89. The van der Waals surface area contributed by atoms with E-state index in [2.05, 4.69) is 5.32 Å². The molecule has 0 bridgehead atoms. The molecule has 2 aromatic carbocycles. The van der Waals surface area contributed by atoms with Crippen molar-refractivity contribution in [1.29, 1.82) is 5.26 Å². The molecular formula is C14H11ClN2O2. The number of anilines is 1. The van der Waals surface area contributed by atoms with Crippen LogP contribution in [0.3, 0.4) is 0 Å². The highest BCUT2D eigenvalue weighted by Crippen LogP contribution is 2.30. The standard InChI is InChI=1S/C14H11ClN2O2/c15-11-6-9(7-16)4-5-12(11)17-8-10-2-1-3-13(18)14(10)19/h1-6,17-19H,8H2. The van der Waals surface area contributed by atoms with Crippen LogP contribution in [0.25, 0.3) is 0 Å². The van der Waals surface area contributed by atoms with E-state index in [1.165, 1.54) is 6.07 Å². The number of benzene rings is 2. The van der Waals surface area contributed by atoms with Crippen molar-refractivity contribution in [1.82, 2.24) is 0 Å². The maximum absolute atomic E-state index is 9.66. The van der Waals surface area contributed by atoms with Gasteiger partial charge < -0.3 is 15.5 Å². The van der Waals surface area contributed by atoms with Gasteiger partial charge in [-0.2, -0.15) is 5.26 Å². The molecule has 0 amide bonds. The summed E-state index contributed by atoms with van der Waals surface area (Å²) in [4.78, 5) is 0. The van der Waals surface area contributed by atoms with Crippen molar-refractivity contribution in [2.45, 2.75) is 6.54 Å². The van der Waals surface area contributed by atoms with Crippen molar-refractivity contribution in [3.05, 3.63) is 52.5 Å². The monoisotopic (exact) mass is 274 g/mol. The van der Waals surface area contributed by atoms with Crippen LogP contribution < -0.4 is 5.32 Å². The van der Waals surface area contributed by atoms with Gasteiger partial charge >= 0.3 is 0 Å². The molecule has 0 fully saturated rings. The van der Waals surface area contributed by atoms with Crippen LogP contribution in [0.4, 0.5) is 5.69 Å². The molecule has 0 aromatic heterocycles. The molecule has 0 aliphatic carbocycles. The highest BCUT2D eigenvalue weighted by molar-refractivity contribution is 6.33. The molecule has 0 radical (unpaired) electrons. The van der Waals surface area contributed by atoms with Gasteiger partial charge in [0, 0.05) is 12.1 Å². The minimum atomic E-state index is -0.162. The molecule has 0 saturated carbocycles. The Morgan fingerprint density at radius 3 is 2.68 bits per heavy atom. The smallest absolute Gasteiger partial charge is 0.162 e. The normalized spacial score (nSPS) is 9.89. The molecule has 0 unspecified atom stereocenters. The molecule has 2 rings (SSSR count). The number of phenolic OH excluding ortho intramolecular Hbond substituents is 2. The number of aromatic hydroxyl groups is 2. The van der Waals surface area contributed by atoms with Crippen LogP contribution in [0.1, 0.15) is 11.1 Å². The van der Waals surface area contributed by atoms with E-state index in [4.69, 9.17) is 16.9 Å². The summed E-state index contributed by atoms with van der Waals surface area (Å²) in [6.45, 7) is 0.311. The minimum absolute atomic E-state index is 0.153. The summed E-state index contributed by atoms with van der Waals surface area (Å²) >= 11 is 6.02. The van der Waals surface area contributed by atoms with Crippen LogP contribution in [0.2, 0.25) is 5.02 Å². The van der Waals surface area contributed by atoms with E-state index in [1.54, 1.807) is 30.3 Å². The number of nitrogens with zero attached hydrogens (tertiary/aromatic N) is 1. The van der Waals surface area contributed by atoms with Gasteiger partial charge in [0.15, 0.2) is 11.5 Å². The Labute approximate surface area is 115 Å². The van der Waals surface area contributed by atoms with Gasteiger partial charge in [-0.1, -0.05) is 23.7 Å². The lowest BCUT2D eigenvalue weighted by molar-refractivity contribution is 0.400. The molecule has 2 aromatic rings. The summed E-state index contributed by atoms with van der Waals surface area (Å²) in [5, 5.41) is 31.2. The molecular weight excluding hydrogens is 264 g/mol. The fraction of sp³-hybridized carbons (Fsp3) is 0.0714. The minimum Gasteiger partial charge on any atom is -0.504 e. The van der Waals surface area contributed by atoms with Crippen molar-refractivity contribution in [3.63, 3.8) is 0 Å². The van der Waals surface area contributed by atoms with Crippen LogP contribution >= 0.6 is 11.6 Å². The second kappa shape index (κ2) is 5.51. The van der Waals surface area contributed by atoms with Crippen LogP contribution in [0.15, 0.2) is 36.4 Å². The van der Waals surface area contributed by atoms with Crippen molar-refractivity contribution >= 4 is 17.3 Å². The van der Waals surface area contributed by atoms with E-state index in [9.17, 15) is 10.2 Å². The van der Waals surface area contributed by atoms with E-state index in [-0.39, 0.29) is 11.5 Å². The van der Waals surface area contributed by atoms with Gasteiger partial charge in [-0.25, -0.2) is 0 Å². The molecule has 0 saturated heterocycles. The van der Waals surface area contributed by atoms with Crippen LogP contribution in [0.5, 0.6) is 11.5 Å². The maximum Gasteiger partial charge on any atom is 0.162 e. The number of phenols is 2. The lowest BCUT2D eigenvalue weighted by atomic mass is 10.1. The van der Waals surface area contributed by atoms with Crippen molar-refractivity contribution in [2.24, 2.45) is 0 Å². The van der Waals surface area contributed by atoms with E-state index < -0.39 is 0 Å². The Balaban J connectivity index is 2.15. The molecule has 0 aliphatic rings. The Morgan fingerprint density at radius 2 is 2.00 bits per heavy atom. The molecule has 96 valence electrons. The molecule has 4 nitrogen and oxygen atoms in total. The second-order valence-electron chi connectivity index (χ2n) is 3.94. The summed E-state index contributed by atoms with van der Waals surface area (Å²) < 4.78 is 0. The predicted octanol–water partition coefficient (Wildman–Crippen LogP) is 3.23. The Hall–Kier alpha value is -2.38. The Bertz CT molecular complexity index is 650. The van der Waals surface area contributed by atoms with E-state index in [0.29, 0.717) is 28.4 Å². The summed E-state index contributed by atoms with van der Waals surface area (Å²) in [6, 6.07) is 11.7. The number of hydrogen-bond acceptors (Lipinski definition) is 4. The third-order valence-corrected chi connectivity index (χ3v) is 2.98. The number of halogens is 1. The van der Waals surface area contributed by atoms with Crippen LogP contribution in [-0.4, -0.2) is 10.2 Å². The van der Waals surface area contributed by atoms with Crippen molar-refractivity contribution in [3.8, 4) is 17.6 Å². The van der Waals surface area contributed by atoms with Gasteiger partial charge in [0.05, 0.1) is 22.3 Å². The lowest BCUT2D eigenvalue weighted by Crippen LogP contribution is -2.00. The summed E-state index contributed by atoms with van der Waals surface area (Å²) in [5.74, 6) is -0.315. The molecule has 0 heterocycles. The summed E-state index contributed by atoms with van der Waals surface area (Å²) in [7, 11) is 0. The summed E-state index contributed by atoms with van der Waals surface area (Å²) in [6.07, 6.45) is 0. The molecule has 0 atom stereocenters. The van der Waals surface area contributed by atoms with Crippen LogP contribution in [-0.2, 0) is 6.54 Å². The molecule has 0 aliphatic heterocycles. The Kier molecular flexibility index (Phi) is 3.79. The maximum atomic E-state index is 9.66. The van der Waals surface area contributed by atoms with Gasteiger partial charge in [0.2, 0.25) is 0 Å². The zero-order chi connectivity index (χ0) is 13.8. The molecule has 0 spiro atoms. The van der Waals surface area contributed by atoms with Crippen molar-refractivity contribution in [2.75, 3.05) is 5.32 Å². The fourth-order valence-corrected chi connectivity index (χ4v) is 1.89. The van der Waals surface area contributed by atoms with E-state index >= 15 is 0 Å². The van der Waals surface area contributed by atoms with Crippen LogP contribution in [0, 0.1) is 11.3 Å². The fourth-order valence-electron chi connectivity index (χ4n) is 1.64. The van der Waals surface area contributed by atoms with E-state index in [0.717, 1.165) is 0 Å². The Morgan fingerprint density at radius 1 is 1.21 bits per heavy atom. The summed E-state index contributed by atoms with van der Waals surface area (Å²) in [5.41, 5.74) is 1.69. The van der Waals surface area contributed by atoms with Gasteiger partial charge in [-0.15, -0.1) is 0 Å². The number of rotatable bonds is 3. The van der Waals surface area contributed by atoms with Gasteiger partial charge in [-0.05, 0) is 24.3 Å². The van der Waals surface area contributed by atoms with Gasteiger partial charge in [0.1, 0.15) is 0 Å². The number of nitrogens with one attached hydrogen (secondary N) is 1. The highest BCUT2D eigenvalue weighted by Gasteiger charge is 2.07. The first kappa shape index (κ1) is 13.1. The van der Waals surface area contributed by atoms with E-state index in [1.807, 2.05) is 6.07 Å². The third-order valence-electron chi connectivity index (χ3n) is 2.67. The quantitative estimate of drug-likeness (QED) is 0.751. The topological polar surface area (TPSA) is 76.3 Å². The first-order chi connectivity index (χ1) is 9.11. The number of hydrogen-bond donors (Lipinski definition) is 3. The average Bonchev–Trinajstić information content (AvgIpc) is 2.41. The first-order valence-corrected chi connectivity index (χ1v) is 5.93. The third kappa shape index (κ3) is 2.90. The SMILES string of the molecule is N#Cc1ccc(NCc2cccc(O)c2O)c(Cl)c1. The zero-order valence-corrected chi connectivity index (χ0v) is 10.6. The molecule has 5 heteroatoms. The van der Waals surface area contributed by atoms with Crippen molar-refractivity contribution < 1.29 is 10.2 Å². The number of para-hydroxylation sites is 1.